The molecular weight excluding hydrogens is 574 g/mol. The van der Waals surface area contributed by atoms with E-state index in [1.807, 2.05) is 0 Å². The second-order valence-electron chi connectivity index (χ2n) is 9.73. The van der Waals surface area contributed by atoms with Crippen molar-refractivity contribution in [2.75, 3.05) is 19.9 Å². The highest BCUT2D eigenvalue weighted by molar-refractivity contribution is 6.07. The minimum atomic E-state index is -6.00. The first-order valence-electron chi connectivity index (χ1n) is 13.0. The van der Waals surface area contributed by atoms with E-state index in [0.29, 0.717) is 35.6 Å². The minimum Gasteiger partial charge on any atom is -0.489 e. The number of ether oxygens (including phenoxy) is 3. The molecule has 1 fully saturated rings. The van der Waals surface area contributed by atoms with E-state index in [0.717, 1.165) is 11.0 Å². The Balaban J connectivity index is 1.45. The first-order chi connectivity index (χ1) is 19.7. The average Bonchev–Trinajstić information content (AvgIpc) is 3.49. The van der Waals surface area contributed by atoms with Crippen molar-refractivity contribution in [2.24, 2.45) is 0 Å². The minimum absolute atomic E-state index is 0.0275. The second kappa shape index (κ2) is 11.4. The zero-order chi connectivity index (χ0) is 30.9. The molecule has 8 nitrogen and oxygen atoms in total. The van der Waals surface area contributed by atoms with Crippen molar-refractivity contribution in [2.45, 2.75) is 56.6 Å². The van der Waals surface area contributed by atoms with E-state index in [-0.39, 0.29) is 44.1 Å². The number of alkyl halides is 6. The van der Waals surface area contributed by atoms with Gasteiger partial charge >= 0.3 is 18.4 Å². The Morgan fingerprint density at radius 3 is 2.33 bits per heavy atom. The molecule has 0 saturated carbocycles. The maximum Gasteiger partial charge on any atom is 0.430 e. The van der Waals surface area contributed by atoms with Gasteiger partial charge in [-0.05, 0) is 54.3 Å². The molecule has 2 N–H and O–H groups in total. The molecule has 2 heterocycles. The number of imide groups is 1. The van der Waals surface area contributed by atoms with Crippen LogP contribution >= 0.6 is 0 Å². The first-order valence-corrected chi connectivity index (χ1v) is 13.0. The normalized spacial score (nSPS) is 19.1. The lowest BCUT2D eigenvalue weighted by Crippen LogP contribution is -2.53. The molecule has 1 unspecified atom stereocenters. The van der Waals surface area contributed by atoms with E-state index in [2.05, 4.69) is 5.32 Å². The van der Waals surface area contributed by atoms with Crippen LogP contribution in [0.1, 0.15) is 43.4 Å². The van der Waals surface area contributed by atoms with Gasteiger partial charge in [-0.1, -0.05) is 38.5 Å². The van der Waals surface area contributed by atoms with Crippen molar-refractivity contribution in [3.8, 4) is 17.2 Å². The lowest BCUT2D eigenvalue weighted by atomic mass is 9.87. The predicted molar refractivity (Wildman–Crippen MR) is 136 cm³/mol. The number of rotatable bonds is 10. The van der Waals surface area contributed by atoms with Gasteiger partial charge in [-0.25, -0.2) is 4.79 Å². The van der Waals surface area contributed by atoms with Gasteiger partial charge in [0.05, 0.1) is 0 Å². The third-order valence-corrected chi connectivity index (χ3v) is 7.18. The molecule has 2 aromatic rings. The average molecular weight is 603 g/mol. The van der Waals surface area contributed by atoms with Gasteiger partial charge in [0.1, 0.15) is 17.9 Å². The van der Waals surface area contributed by atoms with Crippen LogP contribution in [-0.2, 0) is 22.4 Å². The SMILES string of the molecule is CCCc1cc(C(O)(C(F)(F)F)C(F)(F)F)ccc1OCC=CCN1C(=O)NC(CC)(c2ccc3c(c2)OCO3)C1=O. The van der Waals surface area contributed by atoms with Gasteiger partial charge in [0.15, 0.2) is 11.5 Å². The fourth-order valence-corrected chi connectivity index (χ4v) is 4.88. The third kappa shape index (κ3) is 5.35. The summed E-state index contributed by atoms with van der Waals surface area (Å²) < 4.78 is 96.1. The Morgan fingerprint density at radius 2 is 1.69 bits per heavy atom. The van der Waals surface area contributed by atoms with Crippen LogP contribution in [0.3, 0.4) is 0 Å². The van der Waals surface area contributed by atoms with Gasteiger partial charge in [0.25, 0.3) is 11.5 Å². The van der Waals surface area contributed by atoms with E-state index < -0.39 is 41.0 Å². The summed E-state index contributed by atoms with van der Waals surface area (Å²) in [6.45, 7) is 3.19. The monoisotopic (exact) mass is 602 g/mol. The summed E-state index contributed by atoms with van der Waals surface area (Å²) in [5, 5.41) is 12.5. The largest absolute Gasteiger partial charge is 0.489 e. The summed E-state index contributed by atoms with van der Waals surface area (Å²) in [4.78, 5) is 27.1. The number of fused-ring (bicyclic) bond motifs is 1. The fraction of sp³-hybridized carbons (Fsp3) is 0.429. The molecule has 0 spiro atoms. The van der Waals surface area contributed by atoms with Crippen molar-refractivity contribution in [3.05, 3.63) is 65.2 Å². The van der Waals surface area contributed by atoms with Crippen LogP contribution in [-0.4, -0.2) is 54.2 Å². The Bertz CT molecular complexity index is 1360. The summed E-state index contributed by atoms with van der Waals surface area (Å²) in [5.41, 5.74) is -7.15. The van der Waals surface area contributed by atoms with Crippen molar-refractivity contribution < 1.29 is 55.2 Å². The Kier molecular flexibility index (Phi) is 8.40. The van der Waals surface area contributed by atoms with Gasteiger partial charge < -0.3 is 24.6 Å². The van der Waals surface area contributed by atoms with Crippen LogP contribution in [0.5, 0.6) is 17.2 Å². The first kappa shape index (κ1) is 31.0. The highest BCUT2D eigenvalue weighted by atomic mass is 19.4. The number of hydrogen-bond acceptors (Lipinski definition) is 6. The maximum atomic E-state index is 13.4. The molecule has 14 heteroatoms. The number of benzene rings is 2. The van der Waals surface area contributed by atoms with Gasteiger partial charge in [-0.3, -0.25) is 9.69 Å². The summed E-state index contributed by atoms with van der Waals surface area (Å²) in [6.07, 6.45) is -8.36. The molecular formula is C28H28F6N2O6. The summed E-state index contributed by atoms with van der Waals surface area (Å²) in [7, 11) is 0. The Labute approximate surface area is 236 Å². The zero-order valence-electron chi connectivity index (χ0n) is 22.6. The Morgan fingerprint density at radius 1 is 1.00 bits per heavy atom. The molecule has 1 atom stereocenters. The van der Waals surface area contributed by atoms with Crippen LogP contribution in [0.25, 0.3) is 0 Å². The number of aryl methyl sites for hydroxylation is 1. The summed E-state index contributed by atoms with van der Waals surface area (Å²) in [5.74, 6) is 0.520. The van der Waals surface area contributed by atoms with Gasteiger partial charge in [0.2, 0.25) is 6.79 Å². The van der Waals surface area contributed by atoms with E-state index in [1.165, 1.54) is 12.2 Å². The quantitative estimate of drug-likeness (QED) is 0.213. The highest BCUT2D eigenvalue weighted by Gasteiger charge is 2.71. The Hall–Kier alpha value is -3.94. The molecule has 0 bridgehead atoms. The molecule has 2 aromatic carbocycles. The van der Waals surface area contributed by atoms with Gasteiger partial charge in [-0.2, -0.15) is 26.3 Å². The number of nitrogens with one attached hydrogen (secondary N) is 1. The molecule has 0 aliphatic carbocycles. The smallest absolute Gasteiger partial charge is 0.430 e. The number of halogens is 6. The van der Waals surface area contributed by atoms with E-state index in [1.54, 1.807) is 32.0 Å². The third-order valence-electron chi connectivity index (χ3n) is 7.18. The fourth-order valence-electron chi connectivity index (χ4n) is 4.88. The maximum absolute atomic E-state index is 13.4. The van der Waals surface area contributed by atoms with Crippen molar-refractivity contribution in [1.29, 1.82) is 0 Å². The van der Waals surface area contributed by atoms with Crippen molar-refractivity contribution in [1.82, 2.24) is 10.2 Å². The van der Waals surface area contributed by atoms with E-state index in [4.69, 9.17) is 14.2 Å². The van der Waals surface area contributed by atoms with Crippen LogP contribution in [0.4, 0.5) is 31.1 Å². The molecule has 4 rings (SSSR count). The zero-order valence-corrected chi connectivity index (χ0v) is 22.6. The number of aliphatic hydroxyl groups is 1. The van der Waals surface area contributed by atoms with Crippen LogP contribution < -0.4 is 19.5 Å². The highest BCUT2D eigenvalue weighted by Crippen LogP contribution is 2.50. The number of hydrogen-bond donors (Lipinski definition) is 2. The molecule has 0 radical (unpaired) electrons. The molecule has 3 amide bonds. The number of amides is 3. The van der Waals surface area contributed by atoms with Crippen LogP contribution in [0, 0.1) is 0 Å². The van der Waals surface area contributed by atoms with Crippen LogP contribution in [0.2, 0.25) is 0 Å². The number of nitrogens with zero attached hydrogens (tertiary/aromatic N) is 1. The summed E-state index contributed by atoms with van der Waals surface area (Å²) >= 11 is 0. The van der Waals surface area contributed by atoms with Gasteiger partial charge in [-0.15, -0.1) is 0 Å². The lowest BCUT2D eigenvalue weighted by molar-refractivity contribution is -0.376. The van der Waals surface area contributed by atoms with Crippen molar-refractivity contribution in [3.63, 3.8) is 0 Å². The molecule has 1 saturated heterocycles. The van der Waals surface area contributed by atoms with Gasteiger partial charge in [0, 0.05) is 12.1 Å². The molecule has 2 aliphatic rings. The second-order valence-corrected chi connectivity index (χ2v) is 9.73. The topological polar surface area (TPSA) is 97.3 Å². The number of urea groups is 1. The number of carbonyl (C=O) groups is 2. The summed E-state index contributed by atoms with van der Waals surface area (Å²) in [6, 6.07) is 6.44. The lowest BCUT2D eigenvalue weighted by Gasteiger charge is -2.33. The molecule has 0 aromatic heterocycles. The van der Waals surface area contributed by atoms with Crippen molar-refractivity contribution >= 4 is 11.9 Å². The van der Waals surface area contributed by atoms with E-state index >= 15 is 0 Å². The predicted octanol–water partition coefficient (Wildman–Crippen LogP) is 5.47. The number of carbonyl (C=O) groups excluding carboxylic acids is 2. The molecule has 228 valence electrons. The van der Waals surface area contributed by atoms with E-state index in [9.17, 15) is 41.0 Å². The van der Waals surface area contributed by atoms with Crippen LogP contribution in [0.15, 0.2) is 48.6 Å². The molecule has 42 heavy (non-hydrogen) atoms. The molecule has 2 aliphatic heterocycles. The standard InChI is InChI=1S/C28H28F6N2O6/c1-3-7-17-14-19(26(39,27(29,30)31)28(32,33)34)9-10-20(17)40-13-6-5-12-36-23(37)25(4-2,35-24(36)38)18-8-11-21-22(15-18)42-16-41-21/h5-6,8-11,14-15,39H,3-4,7,12-13,16H2,1-2H3,(H,35,38).